The van der Waals surface area contributed by atoms with Gasteiger partial charge in [0.25, 0.3) is 0 Å². The van der Waals surface area contributed by atoms with Crippen molar-refractivity contribution in [3.8, 4) is 0 Å². The zero-order chi connectivity index (χ0) is 18.8. The van der Waals surface area contributed by atoms with Crippen LogP contribution in [0.15, 0.2) is 48.5 Å². The molecule has 0 aliphatic heterocycles. The Kier molecular flexibility index (Phi) is 10.6. The highest BCUT2D eigenvalue weighted by molar-refractivity contribution is 5.85. The number of carbonyl (C=O) groups is 1. The quantitative estimate of drug-likeness (QED) is 0.647. The smallest absolute Gasteiger partial charge is 0.234 e. The van der Waals surface area contributed by atoms with E-state index in [1.165, 1.54) is 23.8 Å². The predicted octanol–water partition coefficient (Wildman–Crippen LogP) is 2.55. The van der Waals surface area contributed by atoms with Gasteiger partial charge < -0.3 is 11.1 Å². The first-order chi connectivity index (χ1) is 12.6. The van der Waals surface area contributed by atoms with Gasteiger partial charge in [0, 0.05) is 31.7 Å². The van der Waals surface area contributed by atoms with Crippen LogP contribution < -0.4 is 11.1 Å². The molecular weight excluding hydrogens is 372 g/mol. The van der Waals surface area contributed by atoms with E-state index < -0.39 is 11.6 Å². The summed E-state index contributed by atoms with van der Waals surface area (Å²) in [6.07, 6.45) is 0.944. The second-order valence-corrected chi connectivity index (χ2v) is 6.10. The van der Waals surface area contributed by atoms with Gasteiger partial charge in [-0.1, -0.05) is 36.4 Å². The minimum absolute atomic E-state index is 0. The van der Waals surface area contributed by atoms with E-state index >= 15 is 0 Å². The van der Waals surface area contributed by atoms with Crippen molar-refractivity contribution in [3.63, 3.8) is 0 Å². The van der Waals surface area contributed by atoms with Crippen LogP contribution in [0.1, 0.15) is 11.1 Å². The minimum Gasteiger partial charge on any atom is -0.355 e. The first-order valence-electron chi connectivity index (χ1n) is 8.76. The molecule has 0 heterocycles. The van der Waals surface area contributed by atoms with Crippen molar-refractivity contribution in [1.29, 1.82) is 0 Å². The van der Waals surface area contributed by atoms with E-state index in [1.54, 1.807) is 0 Å². The summed E-state index contributed by atoms with van der Waals surface area (Å²) >= 11 is 0. The number of hydrogen-bond acceptors (Lipinski definition) is 3. The third kappa shape index (κ3) is 8.03. The van der Waals surface area contributed by atoms with Crippen LogP contribution in [0.3, 0.4) is 0 Å². The molecule has 0 atom stereocenters. The summed E-state index contributed by atoms with van der Waals surface area (Å²) in [5.41, 5.74) is 6.82. The van der Waals surface area contributed by atoms with E-state index in [0.717, 1.165) is 13.0 Å². The van der Waals surface area contributed by atoms with Crippen LogP contribution in [-0.4, -0.2) is 43.5 Å². The van der Waals surface area contributed by atoms with Crippen LogP contribution in [0.5, 0.6) is 0 Å². The molecule has 0 aliphatic carbocycles. The number of amides is 1. The van der Waals surface area contributed by atoms with E-state index in [9.17, 15) is 13.6 Å². The molecule has 0 saturated carbocycles. The lowest BCUT2D eigenvalue weighted by atomic mass is 10.1. The molecule has 0 spiro atoms. The summed E-state index contributed by atoms with van der Waals surface area (Å²) in [4.78, 5) is 14.1. The summed E-state index contributed by atoms with van der Waals surface area (Å²) in [7, 11) is 0. The van der Waals surface area contributed by atoms with E-state index in [-0.39, 0.29) is 43.4 Å². The largest absolute Gasteiger partial charge is 0.355 e. The normalized spacial score (nSPS) is 10.5. The molecule has 0 unspecified atom stereocenters. The molecule has 27 heavy (non-hydrogen) atoms. The van der Waals surface area contributed by atoms with Crippen molar-refractivity contribution in [2.75, 3.05) is 32.7 Å². The molecular formula is C20H26ClF2N3O. The second-order valence-electron chi connectivity index (χ2n) is 6.10. The number of nitrogens with two attached hydrogens (primary N) is 1. The van der Waals surface area contributed by atoms with Gasteiger partial charge in [0.15, 0.2) is 0 Å². The molecule has 1 amide bonds. The fourth-order valence-corrected chi connectivity index (χ4v) is 2.74. The van der Waals surface area contributed by atoms with E-state index in [4.69, 9.17) is 5.73 Å². The molecule has 7 heteroatoms. The first-order valence-corrected chi connectivity index (χ1v) is 8.76. The average Bonchev–Trinajstić information content (AvgIpc) is 2.63. The van der Waals surface area contributed by atoms with Gasteiger partial charge in [0.05, 0.1) is 6.54 Å². The van der Waals surface area contributed by atoms with Crippen molar-refractivity contribution in [1.82, 2.24) is 10.2 Å². The minimum atomic E-state index is -0.591. The highest BCUT2D eigenvalue weighted by Gasteiger charge is 2.12. The van der Waals surface area contributed by atoms with Gasteiger partial charge in [-0.25, -0.2) is 8.78 Å². The average molecular weight is 398 g/mol. The van der Waals surface area contributed by atoms with Gasteiger partial charge in [-0.2, -0.15) is 0 Å². The summed E-state index contributed by atoms with van der Waals surface area (Å²) in [5.74, 6) is -1.36. The maximum Gasteiger partial charge on any atom is 0.234 e. The Morgan fingerprint density at radius 2 is 1.63 bits per heavy atom. The monoisotopic (exact) mass is 397 g/mol. The molecule has 2 aromatic rings. The van der Waals surface area contributed by atoms with Crippen molar-refractivity contribution in [2.24, 2.45) is 5.73 Å². The maximum absolute atomic E-state index is 13.6. The summed E-state index contributed by atoms with van der Waals surface area (Å²) in [6.45, 7) is 2.19. The number of benzene rings is 2. The third-order valence-corrected chi connectivity index (χ3v) is 4.13. The Morgan fingerprint density at radius 1 is 0.963 bits per heavy atom. The lowest BCUT2D eigenvalue weighted by molar-refractivity contribution is -0.122. The molecule has 0 fully saturated rings. The molecule has 2 rings (SSSR count). The first kappa shape index (κ1) is 23.0. The molecule has 3 N–H and O–H groups in total. The Balaban J connectivity index is 0.00000364. The van der Waals surface area contributed by atoms with Gasteiger partial charge in [-0.05, 0) is 30.5 Å². The van der Waals surface area contributed by atoms with Crippen molar-refractivity contribution >= 4 is 18.3 Å². The highest BCUT2D eigenvalue weighted by atomic mass is 35.5. The van der Waals surface area contributed by atoms with Gasteiger partial charge in [-0.3, -0.25) is 9.69 Å². The third-order valence-electron chi connectivity index (χ3n) is 4.13. The van der Waals surface area contributed by atoms with Gasteiger partial charge >= 0.3 is 0 Å². The Morgan fingerprint density at radius 3 is 2.26 bits per heavy atom. The fourth-order valence-electron chi connectivity index (χ4n) is 2.74. The van der Waals surface area contributed by atoms with Crippen molar-refractivity contribution in [2.45, 2.75) is 12.8 Å². The van der Waals surface area contributed by atoms with Crippen LogP contribution in [-0.2, 0) is 17.6 Å². The zero-order valence-corrected chi connectivity index (χ0v) is 16.0. The van der Waals surface area contributed by atoms with Gasteiger partial charge in [0.2, 0.25) is 5.91 Å². The van der Waals surface area contributed by atoms with Crippen LogP contribution >= 0.6 is 12.4 Å². The number of carbonyl (C=O) groups excluding carboxylic acids is 1. The predicted molar refractivity (Wildman–Crippen MR) is 106 cm³/mol. The Labute approximate surface area is 165 Å². The van der Waals surface area contributed by atoms with Crippen molar-refractivity contribution in [3.05, 3.63) is 71.3 Å². The zero-order valence-electron chi connectivity index (χ0n) is 15.2. The van der Waals surface area contributed by atoms with Gasteiger partial charge in [-0.15, -0.1) is 12.4 Å². The molecule has 2 aromatic carbocycles. The lowest BCUT2D eigenvalue weighted by Gasteiger charge is -2.21. The van der Waals surface area contributed by atoms with Crippen LogP contribution in [0.4, 0.5) is 8.78 Å². The topological polar surface area (TPSA) is 58.4 Å². The van der Waals surface area contributed by atoms with Crippen molar-refractivity contribution < 1.29 is 13.6 Å². The van der Waals surface area contributed by atoms with Gasteiger partial charge in [0.1, 0.15) is 11.6 Å². The standard InChI is InChI=1S/C20H25F2N3O.ClH/c21-18-7-4-8-19(22)17(18)9-12-24-20(26)15-25(14-11-23)13-10-16-5-2-1-3-6-16;/h1-8H,9-15,23H2,(H,24,26);1H. The van der Waals surface area contributed by atoms with E-state index in [0.29, 0.717) is 13.1 Å². The van der Waals surface area contributed by atoms with E-state index in [2.05, 4.69) is 5.32 Å². The summed E-state index contributed by atoms with van der Waals surface area (Å²) in [6, 6.07) is 13.8. The molecule has 0 aromatic heterocycles. The number of halogens is 3. The highest BCUT2D eigenvalue weighted by Crippen LogP contribution is 2.12. The second kappa shape index (κ2) is 12.4. The molecule has 0 saturated heterocycles. The number of nitrogens with one attached hydrogen (secondary N) is 1. The Bertz CT molecular complexity index is 681. The molecule has 0 radical (unpaired) electrons. The molecule has 4 nitrogen and oxygen atoms in total. The summed E-state index contributed by atoms with van der Waals surface area (Å²) in [5, 5.41) is 2.72. The number of nitrogens with zero attached hydrogens (tertiary/aromatic N) is 1. The number of hydrogen-bond donors (Lipinski definition) is 2. The summed E-state index contributed by atoms with van der Waals surface area (Å²) < 4.78 is 27.1. The molecule has 0 aliphatic rings. The SMILES string of the molecule is Cl.NCCN(CCc1ccccc1)CC(=O)NCCc1c(F)cccc1F. The number of rotatable bonds is 10. The lowest BCUT2D eigenvalue weighted by Crippen LogP contribution is -2.41. The molecule has 148 valence electrons. The van der Waals surface area contributed by atoms with Crippen LogP contribution in [0.25, 0.3) is 0 Å². The fraction of sp³-hybridized carbons (Fsp3) is 0.350. The van der Waals surface area contributed by atoms with Crippen LogP contribution in [0.2, 0.25) is 0 Å². The maximum atomic E-state index is 13.6. The van der Waals surface area contributed by atoms with Crippen LogP contribution in [0, 0.1) is 11.6 Å². The molecule has 0 bridgehead atoms. The van der Waals surface area contributed by atoms with E-state index in [1.807, 2.05) is 35.2 Å². The Hall–Kier alpha value is -2.02.